The Labute approximate surface area is 168 Å². The zero-order chi connectivity index (χ0) is 20.7. The van der Waals surface area contributed by atoms with Gasteiger partial charge < -0.3 is 4.90 Å². The van der Waals surface area contributed by atoms with Gasteiger partial charge in [0.25, 0.3) is 5.91 Å². The molecule has 29 heavy (non-hydrogen) atoms. The maximum atomic E-state index is 15.2. The lowest BCUT2D eigenvalue weighted by molar-refractivity contribution is 0.0983. The number of carbonyl (C=O) groups excluding carboxylic acids is 1. The molecule has 146 valence electrons. The highest BCUT2D eigenvalue weighted by Gasteiger charge is 2.21. The minimum Gasteiger partial charge on any atom is -0.307 e. The molecular formula is C23H21FN4O. The van der Waals surface area contributed by atoms with Gasteiger partial charge in [0.1, 0.15) is 11.5 Å². The number of hydrogen-bond acceptors (Lipinski definition) is 3. The highest BCUT2D eigenvalue weighted by molar-refractivity contribution is 6.04. The Hall–Kier alpha value is -3.54. The van der Waals surface area contributed by atoms with E-state index in [9.17, 15) is 4.79 Å². The fourth-order valence-electron chi connectivity index (χ4n) is 3.47. The molecule has 0 saturated heterocycles. The summed E-state index contributed by atoms with van der Waals surface area (Å²) in [6.07, 6.45) is 1.54. The van der Waals surface area contributed by atoms with Gasteiger partial charge in [0.05, 0.1) is 16.9 Å². The molecule has 4 aromatic rings. The van der Waals surface area contributed by atoms with E-state index >= 15 is 4.39 Å². The second-order valence-corrected chi connectivity index (χ2v) is 7.17. The van der Waals surface area contributed by atoms with Crippen LogP contribution in [0.1, 0.15) is 21.6 Å². The van der Waals surface area contributed by atoms with Crippen LogP contribution in [0.5, 0.6) is 0 Å². The Morgan fingerprint density at radius 3 is 2.59 bits per heavy atom. The maximum Gasteiger partial charge on any atom is 0.276 e. The number of fused-ring (bicyclic) bond motifs is 1. The van der Waals surface area contributed by atoms with Gasteiger partial charge in [0, 0.05) is 31.2 Å². The smallest absolute Gasteiger partial charge is 0.276 e. The van der Waals surface area contributed by atoms with E-state index in [0.29, 0.717) is 22.5 Å². The number of benzene rings is 2. The highest BCUT2D eigenvalue weighted by atomic mass is 19.1. The zero-order valence-electron chi connectivity index (χ0n) is 16.8. The van der Waals surface area contributed by atoms with E-state index in [1.165, 1.54) is 15.1 Å². The molecule has 0 aliphatic carbocycles. The lowest BCUT2D eigenvalue weighted by Gasteiger charge is -2.20. The first kappa shape index (κ1) is 18.8. The monoisotopic (exact) mass is 388 g/mol. The summed E-state index contributed by atoms with van der Waals surface area (Å²) in [6, 6.07) is 15.0. The Kier molecular flexibility index (Phi) is 4.62. The summed E-state index contributed by atoms with van der Waals surface area (Å²) >= 11 is 0. The second-order valence-electron chi connectivity index (χ2n) is 7.17. The van der Waals surface area contributed by atoms with Gasteiger partial charge in [-0.15, -0.1) is 0 Å². The van der Waals surface area contributed by atoms with Gasteiger partial charge in [-0.3, -0.25) is 9.48 Å². The first-order chi connectivity index (χ1) is 13.9. The molecule has 2 aromatic heterocycles. The molecule has 0 unspecified atom stereocenters. The molecule has 0 aliphatic rings. The topological polar surface area (TPSA) is 51.0 Å². The van der Waals surface area contributed by atoms with Gasteiger partial charge in [-0.05, 0) is 49.7 Å². The van der Waals surface area contributed by atoms with Crippen LogP contribution in [-0.4, -0.2) is 27.7 Å². The van der Waals surface area contributed by atoms with Crippen molar-refractivity contribution in [2.75, 3.05) is 11.9 Å². The number of pyridine rings is 1. The normalized spacial score (nSPS) is 11.1. The van der Waals surface area contributed by atoms with Crippen molar-refractivity contribution in [3.05, 3.63) is 77.4 Å². The summed E-state index contributed by atoms with van der Waals surface area (Å²) in [5.74, 6) is -0.762. The summed E-state index contributed by atoms with van der Waals surface area (Å²) in [6.45, 7) is 3.74. The largest absolute Gasteiger partial charge is 0.307 e. The number of halogens is 1. The second kappa shape index (κ2) is 7.13. The van der Waals surface area contributed by atoms with Crippen molar-refractivity contribution < 1.29 is 9.18 Å². The quantitative estimate of drug-likeness (QED) is 0.513. The molecule has 0 atom stereocenters. The van der Waals surface area contributed by atoms with Crippen molar-refractivity contribution in [3.63, 3.8) is 0 Å². The molecule has 0 fully saturated rings. The molecule has 0 saturated carbocycles. The number of nitrogens with zero attached hydrogens (tertiary/aromatic N) is 4. The van der Waals surface area contributed by atoms with Crippen molar-refractivity contribution >= 4 is 22.5 Å². The molecule has 6 heteroatoms. The number of anilines is 1. The molecule has 4 rings (SSSR count). The molecule has 0 radical (unpaired) electrons. The number of aromatic nitrogens is 3. The van der Waals surface area contributed by atoms with Crippen LogP contribution in [0.15, 0.2) is 54.7 Å². The van der Waals surface area contributed by atoms with Crippen molar-refractivity contribution in [2.45, 2.75) is 13.8 Å². The van der Waals surface area contributed by atoms with E-state index in [2.05, 4.69) is 11.2 Å². The van der Waals surface area contributed by atoms with Crippen molar-refractivity contribution in [2.24, 2.45) is 7.05 Å². The van der Waals surface area contributed by atoms with Crippen molar-refractivity contribution in [1.29, 1.82) is 0 Å². The predicted octanol–water partition coefficient (Wildman–Crippen LogP) is 4.67. The first-order valence-corrected chi connectivity index (χ1v) is 9.30. The van der Waals surface area contributed by atoms with Gasteiger partial charge in [0.15, 0.2) is 0 Å². The van der Waals surface area contributed by atoms with Crippen LogP contribution >= 0.6 is 0 Å². The summed E-state index contributed by atoms with van der Waals surface area (Å²) < 4.78 is 16.7. The average molecular weight is 388 g/mol. The molecular weight excluding hydrogens is 367 g/mol. The summed E-state index contributed by atoms with van der Waals surface area (Å²) in [5.41, 5.74) is 4.49. The van der Waals surface area contributed by atoms with Gasteiger partial charge >= 0.3 is 0 Å². The maximum absolute atomic E-state index is 15.2. The fourth-order valence-corrected chi connectivity index (χ4v) is 3.47. The lowest BCUT2D eigenvalue weighted by Crippen LogP contribution is -2.29. The zero-order valence-corrected chi connectivity index (χ0v) is 16.8. The van der Waals surface area contributed by atoms with Crippen LogP contribution in [0.3, 0.4) is 0 Å². The standard InChI is InChI=1S/C23H21FN4O/c1-14-5-8-18-16(13-14)6-9-19(26-18)17-7-10-20(22(24)15(17)2)27(3)23(29)21-11-12-25-28(21)4/h5-13H,1-4H3. The van der Waals surface area contributed by atoms with Gasteiger partial charge in [0.2, 0.25) is 0 Å². The van der Waals surface area contributed by atoms with Crippen LogP contribution in [0.4, 0.5) is 10.1 Å². The molecule has 1 amide bonds. The molecule has 2 aromatic carbocycles. The fraction of sp³-hybridized carbons (Fsp3) is 0.174. The Morgan fingerprint density at radius 1 is 1.07 bits per heavy atom. The molecule has 0 aliphatic heterocycles. The van der Waals surface area contributed by atoms with E-state index in [0.717, 1.165) is 10.9 Å². The minimum absolute atomic E-state index is 0.217. The third-order valence-corrected chi connectivity index (χ3v) is 5.19. The lowest BCUT2D eigenvalue weighted by atomic mass is 10.0. The molecule has 0 N–H and O–H groups in total. The SMILES string of the molecule is Cc1ccc2nc(-c3ccc(N(C)C(=O)c4ccnn4C)c(F)c3C)ccc2c1. The predicted molar refractivity (Wildman–Crippen MR) is 113 cm³/mol. The van der Waals surface area contributed by atoms with Crippen LogP contribution in [0.2, 0.25) is 0 Å². The number of rotatable bonds is 3. The number of hydrogen-bond donors (Lipinski definition) is 0. The van der Waals surface area contributed by atoms with Crippen molar-refractivity contribution in [1.82, 2.24) is 14.8 Å². The van der Waals surface area contributed by atoms with Gasteiger partial charge in [-0.1, -0.05) is 23.8 Å². The van der Waals surface area contributed by atoms with E-state index in [4.69, 9.17) is 4.98 Å². The number of aryl methyl sites for hydroxylation is 2. The molecule has 0 spiro atoms. The van der Waals surface area contributed by atoms with Crippen LogP contribution in [-0.2, 0) is 7.05 Å². The summed E-state index contributed by atoms with van der Waals surface area (Å²) in [4.78, 5) is 18.7. The summed E-state index contributed by atoms with van der Waals surface area (Å²) in [7, 11) is 3.24. The Balaban J connectivity index is 1.73. The Morgan fingerprint density at radius 2 is 1.86 bits per heavy atom. The van der Waals surface area contributed by atoms with E-state index in [-0.39, 0.29) is 11.6 Å². The summed E-state index contributed by atoms with van der Waals surface area (Å²) in [5, 5.41) is 5.05. The average Bonchev–Trinajstić information content (AvgIpc) is 3.14. The van der Waals surface area contributed by atoms with Gasteiger partial charge in [-0.2, -0.15) is 5.10 Å². The first-order valence-electron chi connectivity index (χ1n) is 9.30. The Bertz CT molecular complexity index is 1250. The van der Waals surface area contributed by atoms with Crippen LogP contribution in [0.25, 0.3) is 22.2 Å². The number of amides is 1. The third kappa shape index (κ3) is 3.27. The highest BCUT2D eigenvalue weighted by Crippen LogP contribution is 2.31. The van der Waals surface area contributed by atoms with E-state index < -0.39 is 5.82 Å². The van der Waals surface area contributed by atoms with Crippen LogP contribution in [0, 0.1) is 19.7 Å². The minimum atomic E-state index is -0.439. The molecule has 0 bridgehead atoms. The molecule has 2 heterocycles. The molecule has 5 nitrogen and oxygen atoms in total. The van der Waals surface area contributed by atoms with Crippen molar-refractivity contribution in [3.8, 4) is 11.3 Å². The number of carbonyl (C=O) groups is 1. The van der Waals surface area contributed by atoms with Crippen LogP contribution < -0.4 is 4.90 Å². The van der Waals surface area contributed by atoms with Gasteiger partial charge in [-0.25, -0.2) is 9.37 Å². The van der Waals surface area contributed by atoms with E-state index in [1.54, 1.807) is 39.3 Å². The third-order valence-electron chi connectivity index (χ3n) is 5.19. The van der Waals surface area contributed by atoms with E-state index in [1.807, 2.05) is 37.3 Å².